The van der Waals surface area contributed by atoms with Crippen LogP contribution >= 0.6 is 0 Å². The van der Waals surface area contributed by atoms with E-state index in [-0.39, 0.29) is 12.3 Å². The van der Waals surface area contributed by atoms with E-state index in [2.05, 4.69) is 0 Å². The van der Waals surface area contributed by atoms with Gasteiger partial charge in [0.05, 0.1) is 19.1 Å². The van der Waals surface area contributed by atoms with Crippen LogP contribution in [0.15, 0.2) is 24.3 Å². The highest BCUT2D eigenvalue weighted by molar-refractivity contribution is 5.87. The Morgan fingerprint density at radius 3 is 2.29 bits per heavy atom. The zero-order valence-corrected chi connectivity index (χ0v) is 12.8. The Bertz CT molecular complexity index is 544. The zero-order valence-electron chi connectivity index (χ0n) is 12.8. The monoisotopic (exact) mass is 291 g/mol. The van der Waals surface area contributed by atoms with Crippen molar-refractivity contribution >= 4 is 11.9 Å². The van der Waals surface area contributed by atoms with E-state index in [1.165, 1.54) is 0 Å². The number of benzene rings is 1. The number of carbonyl (C=O) groups excluding carboxylic acids is 1. The molecule has 5 nitrogen and oxygen atoms in total. The third-order valence-electron chi connectivity index (χ3n) is 3.82. The summed E-state index contributed by atoms with van der Waals surface area (Å²) in [6.07, 6.45) is 0.0449. The fraction of sp³-hybridized carbons (Fsp3) is 0.500. The lowest BCUT2D eigenvalue weighted by Gasteiger charge is -2.38. The number of carbonyl (C=O) groups is 2. The van der Waals surface area contributed by atoms with Crippen LogP contribution in [0.2, 0.25) is 0 Å². The summed E-state index contributed by atoms with van der Waals surface area (Å²) < 4.78 is 5.12. The molecule has 0 bridgehead atoms. The van der Waals surface area contributed by atoms with E-state index in [9.17, 15) is 14.7 Å². The van der Waals surface area contributed by atoms with Crippen LogP contribution in [-0.2, 0) is 9.59 Å². The van der Waals surface area contributed by atoms with Crippen LogP contribution in [-0.4, -0.2) is 34.5 Å². The minimum atomic E-state index is -0.934. The quantitative estimate of drug-likeness (QED) is 0.929. The van der Waals surface area contributed by atoms with Crippen LogP contribution < -0.4 is 4.74 Å². The molecule has 1 amide bonds. The first kappa shape index (κ1) is 15.4. The summed E-state index contributed by atoms with van der Waals surface area (Å²) in [5.74, 6) is -1.06. The summed E-state index contributed by atoms with van der Waals surface area (Å²) in [4.78, 5) is 25.5. The van der Waals surface area contributed by atoms with E-state index >= 15 is 0 Å². The molecule has 5 heteroatoms. The van der Waals surface area contributed by atoms with Gasteiger partial charge in [0.25, 0.3) is 0 Å². The van der Waals surface area contributed by atoms with Crippen LogP contribution in [0.25, 0.3) is 0 Å². The maximum absolute atomic E-state index is 12.3. The summed E-state index contributed by atoms with van der Waals surface area (Å²) in [5, 5.41) is 9.44. The number of aliphatic carboxylic acids is 1. The Balaban J connectivity index is 2.46. The predicted molar refractivity (Wildman–Crippen MR) is 78.1 cm³/mol. The minimum absolute atomic E-state index is 0.0449. The first-order chi connectivity index (χ1) is 9.75. The largest absolute Gasteiger partial charge is 0.497 e. The van der Waals surface area contributed by atoms with E-state index < -0.39 is 23.5 Å². The molecule has 0 radical (unpaired) electrons. The standard InChI is InChI=1S/C16H21NO4/c1-16(2,3)17-13(18)9-12(15(19)20)14(17)10-5-7-11(21-4)8-6-10/h5-8,12,14H,9H2,1-4H3,(H,19,20)/t12-,14-/m1/s1. The molecule has 1 saturated heterocycles. The molecule has 0 spiro atoms. The van der Waals surface area contributed by atoms with E-state index in [0.717, 1.165) is 5.56 Å². The highest BCUT2D eigenvalue weighted by atomic mass is 16.5. The molecule has 0 unspecified atom stereocenters. The lowest BCUT2D eigenvalue weighted by atomic mass is 9.91. The highest BCUT2D eigenvalue weighted by Crippen LogP contribution is 2.42. The fourth-order valence-corrected chi connectivity index (χ4v) is 2.93. The normalized spacial score (nSPS) is 22.5. The third-order valence-corrected chi connectivity index (χ3v) is 3.82. The molecule has 1 fully saturated rings. The van der Waals surface area contributed by atoms with Crippen molar-refractivity contribution in [1.29, 1.82) is 0 Å². The summed E-state index contributed by atoms with van der Waals surface area (Å²) in [6.45, 7) is 5.77. The van der Waals surface area contributed by atoms with E-state index in [1.54, 1.807) is 24.1 Å². The van der Waals surface area contributed by atoms with Crippen LogP contribution in [0.5, 0.6) is 5.75 Å². The molecule has 1 heterocycles. The van der Waals surface area contributed by atoms with Crippen molar-refractivity contribution in [3.8, 4) is 5.75 Å². The molecule has 21 heavy (non-hydrogen) atoms. The predicted octanol–water partition coefficient (Wildman–Crippen LogP) is 2.47. The number of hydrogen-bond donors (Lipinski definition) is 1. The lowest BCUT2D eigenvalue weighted by molar-refractivity contribution is -0.142. The molecule has 1 N–H and O–H groups in total. The van der Waals surface area contributed by atoms with E-state index in [4.69, 9.17) is 4.74 Å². The number of carboxylic acid groups (broad SMARTS) is 1. The van der Waals surface area contributed by atoms with Gasteiger partial charge >= 0.3 is 5.97 Å². The first-order valence-electron chi connectivity index (χ1n) is 6.94. The number of carboxylic acids is 1. The second kappa shape index (κ2) is 5.39. The lowest BCUT2D eigenvalue weighted by Crippen LogP contribution is -2.44. The SMILES string of the molecule is COc1ccc([C@@H]2[C@H](C(=O)O)CC(=O)N2C(C)(C)C)cc1. The van der Waals surface area contributed by atoms with Gasteiger partial charge in [-0.3, -0.25) is 9.59 Å². The maximum atomic E-state index is 12.3. The molecule has 2 rings (SSSR count). The van der Waals surface area contributed by atoms with Gasteiger partial charge in [0.2, 0.25) is 5.91 Å². The number of likely N-dealkylation sites (tertiary alicyclic amines) is 1. The Kier molecular flexibility index (Phi) is 3.94. The van der Waals surface area contributed by atoms with Gasteiger partial charge < -0.3 is 14.7 Å². The molecule has 1 aliphatic heterocycles. The van der Waals surface area contributed by atoms with Crippen LogP contribution in [0, 0.1) is 5.92 Å². The molecule has 1 aromatic carbocycles. The molecule has 0 saturated carbocycles. The van der Waals surface area contributed by atoms with Gasteiger partial charge in [0.15, 0.2) is 0 Å². The van der Waals surface area contributed by atoms with Crippen molar-refractivity contribution in [2.24, 2.45) is 5.92 Å². The van der Waals surface area contributed by atoms with Crippen molar-refractivity contribution in [3.05, 3.63) is 29.8 Å². The van der Waals surface area contributed by atoms with Gasteiger partial charge in [-0.2, -0.15) is 0 Å². The van der Waals surface area contributed by atoms with Gasteiger partial charge in [-0.25, -0.2) is 0 Å². The molecular formula is C16H21NO4. The minimum Gasteiger partial charge on any atom is -0.497 e. The summed E-state index contributed by atoms with van der Waals surface area (Å²) in [5.41, 5.74) is 0.398. The number of ether oxygens (including phenoxy) is 1. The van der Waals surface area contributed by atoms with Gasteiger partial charge in [-0.1, -0.05) is 12.1 Å². The van der Waals surface area contributed by atoms with Gasteiger partial charge in [0.1, 0.15) is 5.75 Å². The molecule has 2 atom stereocenters. The number of hydrogen-bond acceptors (Lipinski definition) is 3. The number of nitrogens with zero attached hydrogens (tertiary/aromatic N) is 1. The number of rotatable bonds is 3. The fourth-order valence-electron chi connectivity index (χ4n) is 2.93. The van der Waals surface area contributed by atoms with Crippen LogP contribution in [0.3, 0.4) is 0 Å². The Hall–Kier alpha value is -2.04. The first-order valence-corrected chi connectivity index (χ1v) is 6.94. The van der Waals surface area contributed by atoms with Gasteiger partial charge in [-0.15, -0.1) is 0 Å². The summed E-state index contributed by atoms with van der Waals surface area (Å²) >= 11 is 0. The van der Waals surface area contributed by atoms with E-state index in [1.807, 2.05) is 32.9 Å². The van der Waals surface area contributed by atoms with Crippen LogP contribution in [0.1, 0.15) is 38.8 Å². The average Bonchev–Trinajstić information content (AvgIpc) is 2.76. The molecule has 114 valence electrons. The van der Waals surface area contributed by atoms with Crippen molar-refractivity contribution in [2.45, 2.75) is 38.8 Å². The van der Waals surface area contributed by atoms with Crippen molar-refractivity contribution in [1.82, 2.24) is 4.90 Å². The number of amides is 1. The average molecular weight is 291 g/mol. The van der Waals surface area contributed by atoms with Crippen LogP contribution in [0.4, 0.5) is 0 Å². The highest BCUT2D eigenvalue weighted by Gasteiger charge is 2.48. The molecule has 0 aliphatic carbocycles. The molecule has 1 aromatic rings. The summed E-state index contributed by atoms with van der Waals surface area (Å²) in [7, 11) is 1.58. The smallest absolute Gasteiger partial charge is 0.309 e. The number of methoxy groups -OCH3 is 1. The van der Waals surface area contributed by atoms with Crippen molar-refractivity contribution in [3.63, 3.8) is 0 Å². The van der Waals surface area contributed by atoms with Crippen molar-refractivity contribution < 1.29 is 19.4 Å². The second-order valence-corrected chi connectivity index (χ2v) is 6.30. The summed E-state index contributed by atoms with van der Waals surface area (Å²) in [6, 6.07) is 6.80. The van der Waals surface area contributed by atoms with Gasteiger partial charge in [-0.05, 0) is 38.5 Å². The van der Waals surface area contributed by atoms with Crippen molar-refractivity contribution in [2.75, 3.05) is 7.11 Å². The zero-order chi connectivity index (χ0) is 15.8. The molecular weight excluding hydrogens is 270 g/mol. The molecule has 1 aliphatic rings. The molecule has 0 aromatic heterocycles. The third kappa shape index (κ3) is 2.86. The topological polar surface area (TPSA) is 66.8 Å². The Morgan fingerprint density at radius 2 is 1.86 bits per heavy atom. The van der Waals surface area contributed by atoms with Gasteiger partial charge in [0, 0.05) is 12.0 Å². The Labute approximate surface area is 124 Å². The van der Waals surface area contributed by atoms with E-state index in [0.29, 0.717) is 5.75 Å². The maximum Gasteiger partial charge on any atom is 0.309 e. The Morgan fingerprint density at radius 1 is 1.29 bits per heavy atom. The second-order valence-electron chi connectivity index (χ2n) is 6.30.